The molecule has 0 aliphatic carbocycles. The number of methoxy groups -OCH3 is 1. The molecular formula is C35H41N7O3. The van der Waals surface area contributed by atoms with Gasteiger partial charge in [-0.15, -0.1) is 0 Å². The number of nitrogens with zero attached hydrogens (tertiary/aromatic N) is 4. The molecule has 3 saturated heterocycles. The Hall–Kier alpha value is -4.41. The Morgan fingerprint density at radius 3 is 2.62 bits per heavy atom. The summed E-state index contributed by atoms with van der Waals surface area (Å²) in [7, 11) is 1.64. The van der Waals surface area contributed by atoms with Crippen LogP contribution < -0.4 is 25.8 Å². The summed E-state index contributed by atoms with van der Waals surface area (Å²) in [4.78, 5) is 36.2. The summed E-state index contributed by atoms with van der Waals surface area (Å²) in [5.74, 6) is 1.93. The van der Waals surface area contributed by atoms with E-state index in [0.29, 0.717) is 44.3 Å². The molecule has 3 fully saturated rings. The fourth-order valence-electron chi connectivity index (χ4n) is 7.33. The first kappa shape index (κ1) is 29.3. The summed E-state index contributed by atoms with van der Waals surface area (Å²) in [6, 6.07) is 19.7. The van der Waals surface area contributed by atoms with Crippen molar-refractivity contribution in [1.82, 2.24) is 25.3 Å². The van der Waals surface area contributed by atoms with Gasteiger partial charge in [0.1, 0.15) is 17.6 Å². The van der Waals surface area contributed by atoms with Gasteiger partial charge in [-0.2, -0.15) is 0 Å². The molecule has 2 aromatic heterocycles. The first-order chi connectivity index (χ1) is 21.9. The number of nitrogens with one attached hydrogen (secondary N) is 3. The lowest BCUT2D eigenvalue weighted by Gasteiger charge is -2.42. The second-order valence-corrected chi connectivity index (χ2v) is 12.7. The molecule has 7 rings (SSSR count). The molecule has 3 aliphatic rings. The Morgan fingerprint density at radius 2 is 1.87 bits per heavy atom. The van der Waals surface area contributed by atoms with Crippen LogP contribution in [0.4, 0.5) is 11.5 Å². The van der Waals surface area contributed by atoms with Gasteiger partial charge in [-0.05, 0) is 55.2 Å². The number of fused-ring (bicyclic) bond motifs is 1. The van der Waals surface area contributed by atoms with Crippen molar-refractivity contribution in [2.45, 2.75) is 44.7 Å². The largest absolute Gasteiger partial charge is 0.497 e. The Labute approximate surface area is 263 Å². The summed E-state index contributed by atoms with van der Waals surface area (Å²) in [6.45, 7) is 6.28. The van der Waals surface area contributed by atoms with Gasteiger partial charge < -0.3 is 19.5 Å². The molecule has 45 heavy (non-hydrogen) atoms. The van der Waals surface area contributed by atoms with Gasteiger partial charge in [0.15, 0.2) is 0 Å². The van der Waals surface area contributed by atoms with Crippen molar-refractivity contribution in [3.63, 3.8) is 0 Å². The molecule has 2 amide bonds. The molecule has 2 aromatic carbocycles. The number of carbonyl (C=O) groups is 2. The molecule has 10 nitrogen and oxygen atoms in total. The van der Waals surface area contributed by atoms with Gasteiger partial charge in [0.2, 0.25) is 5.91 Å². The summed E-state index contributed by atoms with van der Waals surface area (Å²) >= 11 is 0. The Bertz CT molecular complexity index is 1690. The van der Waals surface area contributed by atoms with Crippen molar-refractivity contribution >= 4 is 34.2 Å². The molecule has 0 radical (unpaired) electrons. The van der Waals surface area contributed by atoms with Gasteiger partial charge in [0.05, 0.1) is 7.11 Å². The van der Waals surface area contributed by atoms with Crippen molar-refractivity contribution in [1.29, 1.82) is 0 Å². The van der Waals surface area contributed by atoms with Gasteiger partial charge in [0.25, 0.3) is 5.91 Å². The van der Waals surface area contributed by atoms with Crippen LogP contribution in [0.2, 0.25) is 0 Å². The fourth-order valence-corrected chi connectivity index (χ4v) is 7.33. The molecule has 1 atom stereocenters. The molecule has 10 heteroatoms. The van der Waals surface area contributed by atoms with Crippen molar-refractivity contribution in [3.05, 3.63) is 84.2 Å². The predicted molar refractivity (Wildman–Crippen MR) is 175 cm³/mol. The van der Waals surface area contributed by atoms with E-state index in [1.54, 1.807) is 7.11 Å². The van der Waals surface area contributed by atoms with Gasteiger partial charge in [-0.3, -0.25) is 25.3 Å². The lowest BCUT2D eigenvalue weighted by molar-refractivity contribution is -0.133. The number of pyridine rings is 1. The Balaban J connectivity index is 1.08. The van der Waals surface area contributed by atoms with Crippen LogP contribution in [-0.4, -0.2) is 72.1 Å². The van der Waals surface area contributed by atoms with E-state index in [1.807, 2.05) is 52.4 Å². The minimum atomic E-state index is -0.444. The fraction of sp³-hybridized carbons (Fsp3) is 0.400. The number of piperidine rings is 1. The summed E-state index contributed by atoms with van der Waals surface area (Å²) in [5, 5.41) is 4.80. The molecule has 4 aromatic rings. The third-order valence-corrected chi connectivity index (χ3v) is 9.99. The highest BCUT2D eigenvalue weighted by atomic mass is 16.5. The standard InChI is InChI=1S/C35H41N7O3/c1-24-22-41(30-9-4-3-8-29(24)30)15-12-32(43)40-16-13-35(14-17-40)23-42(31-11-10-25(19-36-31)26-20-37-38-21-26)34(44)33(35)39-27-6-5-7-28(18-27)45-2/h3-11,18-19,22,26,33,37-39H,12-17,20-21,23H2,1-2H3. The number of hydrogen-bond acceptors (Lipinski definition) is 7. The van der Waals surface area contributed by atoms with Crippen molar-refractivity contribution in [2.75, 3.05) is 50.1 Å². The van der Waals surface area contributed by atoms with Crippen LogP contribution in [0, 0.1) is 12.3 Å². The summed E-state index contributed by atoms with van der Waals surface area (Å²) in [5.41, 5.74) is 10.4. The minimum absolute atomic E-state index is 0.0110. The van der Waals surface area contributed by atoms with Gasteiger partial charge in [0, 0.05) is 92.1 Å². The topological polar surface area (TPSA) is 104 Å². The van der Waals surface area contributed by atoms with Crippen LogP contribution in [-0.2, 0) is 16.1 Å². The second-order valence-electron chi connectivity index (χ2n) is 12.7. The zero-order valence-electron chi connectivity index (χ0n) is 26.0. The van der Waals surface area contributed by atoms with Gasteiger partial charge in [-0.1, -0.05) is 30.3 Å². The maximum absolute atomic E-state index is 14.2. The lowest BCUT2D eigenvalue weighted by atomic mass is 9.74. The number of benzene rings is 2. The van der Waals surface area contributed by atoms with E-state index < -0.39 is 6.04 Å². The number of hydrogen-bond donors (Lipinski definition) is 3. The first-order valence-electron chi connectivity index (χ1n) is 15.9. The van der Waals surface area contributed by atoms with E-state index in [2.05, 4.69) is 58.1 Å². The van der Waals surface area contributed by atoms with Crippen LogP contribution in [0.25, 0.3) is 10.9 Å². The maximum atomic E-state index is 14.2. The number of ether oxygens (including phenoxy) is 1. The molecule has 0 saturated carbocycles. The third-order valence-electron chi connectivity index (χ3n) is 9.99. The number of para-hydroxylation sites is 1. The average Bonchev–Trinajstić information content (AvgIpc) is 3.79. The molecule has 234 valence electrons. The predicted octanol–water partition coefficient (Wildman–Crippen LogP) is 4.07. The first-order valence-corrected chi connectivity index (χ1v) is 15.9. The highest BCUT2D eigenvalue weighted by Gasteiger charge is 2.54. The molecule has 5 heterocycles. The Kier molecular flexibility index (Phi) is 7.93. The van der Waals surface area contributed by atoms with E-state index in [9.17, 15) is 9.59 Å². The lowest BCUT2D eigenvalue weighted by Crippen LogP contribution is -2.50. The molecule has 3 aliphatic heterocycles. The van der Waals surface area contributed by atoms with Crippen molar-refractivity contribution < 1.29 is 14.3 Å². The summed E-state index contributed by atoms with van der Waals surface area (Å²) in [6.07, 6.45) is 5.94. The van der Waals surface area contributed by atoms with Crippen LogP contribution in [0.3, 0.4) is 0 Å². The van der Waals surface area contributed by atoms with Crippen LogP contribution in [0.15, 0.2) is 73.1 Å². The van der Waals surface area contributed by atoms with Crippen molar-refractivity contribution in [2.24, 2.45) is 5.41 Å². The molecular weight excluding hydrogens is 566 g/mol. The zero-order chi connectivity index (χ0) is 31.0. The quantitative estimate of drug-likeness (QED) is 0.278. The molecule has 1 unspecified atom stereocenters. The summed E-state index contributed by atoms with van der Waals surface area (Å²) < 4.78 is 7.64. The highest BCUT2D eigenvalue weighted by Crippen LogP contribution is 2.44. The van der Waals surface area contributed by atoms with Crippen LogP contribution in [0.1, 0.15) is 36.3 Å². The number of likely N-dealkylation sites (tertiary alicyclic amines) is 1. The zero-order valence-corrected chi connectivity index (χ0v) is 26.0. The van der Waals surface area contributed by atoms with Crippen LogP contribution in [0.5, 0.6) is 5.75 Å². The second kappa shape index (κ2) is 12.2. The monoisotopic (exact) mass is 607 g/mol. The number of aromatic nitrogens is 2. The molecule has 3 N–H and O–H groups in total. The smallest absolute Gasteiger partial charge is 0.251 e. The number of anilines is 2. The number of hydrazine groups is 1. The van der Waals surface area contributed by atoms with Gasteiger partial charge >= 0.3 is 0 Å². The van der Waals surface area contributed by atoms with E-state index in [-0.39, 0.29) is 17.2 Å². The number of rotatable bonds is 8. The highest BCUT2D eigenvalue weighted by molar-refractivity contribution is 6.01. The number of amides is 2. The number of carbonyl (C=O) groups excluding carboxylic acids is 2. The normalized spacial score (nSPS) is 20.0. The van der Waals surface area contributed by atoms with E-state index in [4.69, 9.17) is 9.72 Å². The van der Waals surface area contributed by atoms with Gasteiger partial charge in [-0.25, -0.2) is 4.98 Å². The minimum Gasteiger partial charge on any atom is -0.497 e. The van der Waals surface area contributed by atoms with Crippen LogP contribution >= 0.6 is 0 Å². The van der Waals surface area contributed by atoms with Crippen molar-refractivity contribution in [3.8, 4) is 5.75 Å². The van der Waals surface area contributed by atoms with E-state index in [1.165, 1.54) is 10.9 Å². The number of aryl methyl sites for hydroxylation is 2. The van der Waals surface area contributed by atoms with E-state index in [0.717, 1.165) is 48.4 Å². The van der Waals surface area contributed by atoms with E-state index >= 15 is 0 Å². The maximum Gasteiger partial charge on any atom is 0.251 e. The Morgan fingerprint density at radius 1 is 1.07 bits per heavy atom. The molecule has 1 spiro atoms. The average molecular weight is 608 g/mol. The molecule has 0 bridgehead atoms. The SMILES string of the molecule is COc1cccc(NC2C(=O)N(c3ccc(C4CNNC4)cn3)CC23CCN(C(=O)CCn2cc(C)c4ccccc42)CC3)c1. The third kappa shape index (κ3) is 5.64.